The Balaban J connectivity index is 2.99. The minimum atomic E-state index is 0.107. The van der Waals surface area contributed by atoms with Gasteiger partial charge >= 0.3 is 0 Å². The number of aliphatic hydroxyl groups is 1. The minimum Gasteiger partial charge on any atom is -0.493 e. The number of aliphatic hydroxyl groups excluding tert-OH is 1. The van der Waals surface area contributed by atoms with Crippen LogP contribution in [0.15, 0.2) is 16.6 Å². The molecule has 0 aromatic heterocycles. The zero-order valence-electron chi connectivity index (χ0n) is 10.5. The van der Waals surface area contributed by atoms with Gasteiger partial charge in [0.25, 0.3) is 0 Å². The predicted octanol–water partition coefficient (Wildman–Crippen LogP) is 3.17. The first-order chi connectivity index (χ1) is 8.08. The minimum absolute atomic E-state index is 0.107. The third kappa shape index (κ3) is 4.21. The van der Waals surface area contributed by atoms with Crippen molar-refractivity contribution < 1.29 is 14.6 Å². The van der Waals surface area contributed by atoms with Crippen molar-refractivity contribution in [2.24, 2.45) is 0 Å². The van der Waals surface area contributed by atoms with Gasteiger partial charge in [0.15, 0.2) is 11.5 Å². The van der Waals surface area contributed by atoms with E-state index in [-0.39, 0.29) is 12.7 Å². The first-order valence-electron chi connectivity index (χ1n) is 5.72. The van der Waals surface area contributed by atoms with Crippen molar-refractivity contribution in [3.05, 3.63) is 22.2 Å². The highest BCUT2D eigenvalue weighted by Crippen LogP contribution is 2.34. The van der Waals surface area contributed by atoms with Gasteiger partial charge in [-0.3, -0.25) is 0 Å². The molecule has 1 aromatic carbocycles. The Labute approximate surface area is 111 Å². The molecule has 0 aliphatic heterocycles. The van der Waals surface area contributed by atoms with E-state index < -0.39 is 0 Å². The van der Waals surface area contributed by atoms with Gasteiger partial charge in [-0.05, 0) is 44.4 Å². The lowest BCUT2D eigenvalue weighted by molar-refractivity contribution is 0.229. The molecule has 0 saturated heterocycles. The second-order valence-corrected chi connectivity index (χ2v) is 4.94. The summed E-state index contributed by atoms with van der Waals surface area (Å²) in [6, 6.07) is 3.88. The number of hydrogen-bond acceptors (Lipinski definition) is 3. The maximum atomic E-state index is 8.86. The average molecular weight is 303 g/mol. The van der Waals surface area contributed by atoms with Crippen LogP contribution in [-0.4, -0.2) is 24.9 Å². The van der Waals surface area contributed by atoms with Crippen molar-refractivity contribution in [1.82, 2.24) is 0 Å². The SMILES string of the molecule is COc1cc(Br)c(CCCO)cc1OC(C)C. The molecular weight excluding hydrogens is 284 g/mol. The molecule has 17 heavy (non-hydrogen) atoms. The van der Waals surface area contributed by atoms with E-state index in [1.165, 1.54) is 0 Å². The average Bonchev–Trinajstić information content (AvgIpc) is 2.28. The molecule has 0 bridgehead atoms. The molecule has 96 valence electrons. The van der Waals surface area contributed by atoms with E-state index in [9.17, 15) is 0 Å². The van der Waals surface area contributed by atoms with Crippen LogP contribution >= 0.6 is 15.9 Å². The Kier molecular flexibility index (Phi) is 5.78. The molecular formula is C13H19BrO3. The summed E-state index contributed by atoms with van der Waals surface area (Å²) in [4.78, 5) is 0. The van der Waals surface area contributed by atoms with Crippen LogP contribution in [-0.2, 0) is 6.42 Å². The molecule has 0 saturated carbocycles. The second kappa shape index (κ2) is 6.87. The maximum absolute atomic E-state index is 8.86. The molecule has 0 unspecified atom stereocenters. The third-order valence-electron chi connectivity index (χ3n) is 2.30. The molecule has 0 amide bonds. The zero-order chi connectivity index (χ0) is 12.8. The van der Waals surface area contributed by atoms with E-state index in [2.05, 4.69) is 15.9 Å². The molecule has 0 heterocycles. The quantitative estimate of drug-likeness (QED) is 0.877. The van der Waals surface area contributed by atoms with Crippen LogP contribution in [0.1, 0.15) is 25.8 Å². The lowest BCUT2D eigenvalue weighted by Gasteiger charge is -2.16. The Bertz CT molecular complexity index is 364. The first-order valence-corrected chi connectivity index (χ1v) is 6.51. The van der Waals surface area contributed by atoms with Crippen LogP contribution in [0.4, 0.5) is 0 Å². The third-order valence-corrected chi connectivity index (χ3v) is 3.04. The van der Waals surface area contributed by atoms with E-state index in [1.807, 2.05) is 26.0 Å². The maximum Gasteiger partial charge on any atom is 0.161 e. The van der Waals surface area contributed by atoms with Crippen LogP contribution in [0.2, 0.25) is 0 Å². The van der Waals surface area contributed by atoms with Crippen LogP contribution in [0.5, 0.6) is 11.5 Å². The highest BCUT2D eigenvalue weighted by Gasteiger charge is 2.11. The van der Waals surface area contributed by atoms with E-state index in [1.54, 1.807) is 7.11 Å². The van der Waals surface area contributed by atoms with Crippen molar-refractivity contribution in [3.63, 3.8) is 0 Å². The highest BCUT2D eigenvalue weighted by molar-refractivity contribution is 9.10. The number of aryl methyl sites for hydroxylation is 1. The summed E-state index contributed by atoms with van der Waals surface area (Å²) in [5, 5.41) is 8.86. The molecule has 0 fully saturated rings. The molecule has 4 heteroatoms. The normalized spacial score (nSPS) is 10.7. The molecule has 1 aromatic rings. The first kappa shape index (κ1) is 14.3. The zero-order valence-corrected chi connectivity index (χ0v) is 12.1. The molecule has 3 nitrogen and oxygen atoms in total. The molecule has 0 atom stereocenters. The molecule has 1 rings (SSSR count). The lowest BCUT2D eigenvalue weighted by atomic mass is 10.1. The Morgan fingerprint density at radius 3 is 2.53 bits per heavy atom. The summed E-state index contributed by atoms with van der Waals surface area (Å²) < 4.78 is 12.0. The van der Waals surface area contributed by atoms with Gasteiger partial charge in [0.2, 0.25) is 0 Å². The number of rotatable bonds is 6. The van der Waals surface area contributed by atoms with Gasteiger partial charge in [-0.1, -0.05) is 15.9 Å². The molecule has 1 N–H and O–H groups in total. The van der Waals surface area contributed by atoms with Gasteiger partial charge in [0.05, 0.1) is 13.2 Å². The van der Waals surface area contributed by atoms with Gasteiger partial charge < -0.3 is 14.6 Å². The summed E-state index contributed by atoms with van der Waals surface area (Å²) in [6.45, 7) is 4.16. The number of hydrogen-bond donors (Lipinski definition) is 1. The molecule has 0 aliphatic rings. The number of halogens is 1. The van der Waals surface area contributed by atoms with Crippen molar-refractivity contribution >= 4 is 15.9 Å². The van der Waals surface area contributed by atoms with Crippen LogP contribution in [0.25, 0.3) is 0 Å². The molecule has 0 aliphatic carbocycles. The Morgan fingerprint density at radius 1 is 1.29 bits per heavy atom. The van der Waals surface area contributed by atoms with Gasteiger partial charge in [0, 0.05) is 11.1 Å². The van der Waals surface area contributed by atoms with Crippen molar-refractivity contribution in [2.75, 3.05) is 13.7 Å². The molecule has 0 spiro atoms. The van der Waals surface area contributed by atoms with Crippen LogP contribution in [0.3, 0.4) is 0 Å². The smallest absolute Gasteiger partial charge is 0.161 e. The standard InChI is InChI=1S/C13H19BrO3/c1-9(2)17-13-7-10(5-4-6-15)11(14)8-12(13)16-3/h7-9,15H,4-6H2,1-3H3. The van der Waals surface area contributed by atoms with Gasteiger partial charge in [-0.15, -0.1) is 0 Å². The van der Waals surface area contributed by atoms with E-state index in [0.29, 0.717) is 0 Å². The lowest BCUT2D eigenvalue weighted by Crippen LogP contribution is -2.07. The molecule has 0 radical (unpaired) electrons. The van der Waals surface area contributed by atoms with Crippen LogP contribution in [0, 0.1) is 0 Å². The number of methoxy groups -OCH3 is 1. The second-order valence-electron chi connectivity index (χ2n) is 4.09. The fraction of sp³-hybridized carbons (Fsp3) is 0.538. The van der Waals surface area contributed by atoms with Gasteiger partial charge in [0.1, 0.15) is 0 Å². The summed E-state index contributed by atoms with van der Waals surface area (Å²) in [7, 11) is 1.63. The predicted molar refractivity (Wildman–Crippen MR) is 71.9 cm³/mol. The number of ether oxygens (including phenoxy) is 2. The van der Waals surface area contributed by atoms with Crippen molar-refractivity contribution in [2.45, 2.75) is 32.8 Å². The fourth-order valence-electron chi connectivity index (χ4n) is 1.54. The van der Waals surface area contributed by atoms with Gasteiger partial charge in [-0.25, -0.2) is 0 Å². The van der Waals surface area contributed by atoms with Gasteiger partial charge in [-0.2, -0.15) is 0 Å². The summed E-state index contributed by atoms with van der Waals surface area (Å²) in [5.74, 6) is 1.47. The van der Waals surface area contributed by atoms with E-state index in [4.69, 9.17) is 14.6 Å². The van der Waals surface area contributed by atoms with Crippen LogP contribution < -0.4 is 9.47 Å². The number of benzene rings is 1. The van der Waals surface area contributed by atoms with Crippen molar-refractivity contribution in [1.29, 1.82) is 0 Å². The van der Waals surface area contributed by atoms with Crippen molar-refractivity contribution in [3.8, 4) is 11.5 Å². The Morgan fingerprint density at radius 2 is 2.00 bits per heavy atom. The topological polar surface area (TPSA) is 38.7 Å². The monoisotopic (exact) mass is 302 g/mol. The Hall–Kier alpha value is -0.740. The largest absolute Gasteiger partial charge is 0.493 e. The van der Waals surface area contributed by atoms with E-state index >= 15 is 0 Å². The summed E-state index contributed by atoms with van der Waals surface area (Å²) >= 11 is 3.50. The fourth-order valence-corrected chi connectivity index (χ4v) is 2.06. The summed E-state index contributed by atoms with van der Waals surface area (Å²) in [5.41, 5.74) is 1.12. The highest BCUT2D eigenvalue weighted by atomic mass is 79.9. The van der Waals surface area contributed by atoms with E-state index in [0.717, 1.165) is 34.4 Å². The summed E-state index contributed by atoms with van der Waals surface area (Å²) in [6.07, 6.45) is 1.66.